The summed E-state index contributed by atoms with van der Waals surface area (Å²) in [4.78, 5) is 0. The second-order valence-electron chi connectivity index (χ2n) is 8.51. The van der Waals surface area contributed by atoms with Crippen molar-refractivity contribution in [2.45, 2.75) is 90.9 Å². The molecule has 2 aliphatic rings. The molecule has 1 unspecified atom stereocenters. The summed E-state index contributed by atoms with van der Waals surface area (Å²) in [6.45, 7) is 9.66. The van der Waals surface area contributed by atoms with Crippen LogP contribution in [-0.2, 0) is 0 Å². The monoisotopic (exact) mass is 326 g/mol. The van der Waals surface area contributed by atoms with Gasteiger partial charge < -0.3 is 0 Å². The van der Waals surface area contributed by atoms with E-state index in [9.17, 15) is 0 Å². The molecular weight excluding hydrogens is 288 g/mol. The molecule has 5 atom stereocenters. The Morgan fingerprint density at radius 2 is 0.875 bits per heavy atom. The summed E-state index contributed by atoms with van der Waals surface area (Å²) in [5.74, 6) is 5.31. The largest absolute Gasteiger partial charge is 0.0651 e. The fourth-order valence-corrected chi connectivity index (χ4v) is 6.31. The Hall–Kier alpha value is -0.780. The van der Waals surface area contributed by atoms with Gasteiger partial charge in [0.1, 0.15) is 0 Å². The van der Waals surface area contributed by atoms with Gasteiger partial charge in [0, 0.05) is 0 Å². The Bertz CT molecular complexity index is 446. The summed E-state index contributed by atoms with van der Waals surface area (Å²) in [6, 6.07) is 9.64. The van der Waals surface area contributed by atoms with Gasteiger partial charge in [0.25, 0.3) is 0 Å². The highest BCUT2D eigenvalue weighted by molar-refractivity contribution is 5.36. The van der Waals surface area contributed by atoms with Crippen molar-refractivity contribution in [3.05, 3.63) is 35.4 Å². The average Bonchev–Trinajstić information content (AvgIpc) is 3.24. The zero-order valence-corrected chi connectivity index (χ0v) is 16.4. The number of benzene rings is 1. The Morgan fingerprint density at radius 3 is 1.12 bits per heavy atom. The average molecular weight is 327 g/mol. The van der Waals surface area contributed by atoms with Gasteiger partial charge in [0.05, 0.1) is 0 Å². The predicted octanol–water partition coefficient (Wildman–Crippen LogP) is 7.55. The first-order valence-corrected chi connectivity index (χ1v) is 10.8. The lowest BCUT2D eigenvalue weighted by Crippen LogP contribution is -2.19. The summed E-state index contributed by atoms with van der Waals surface area (Å²) in [5, 5.41) is 0. The van der Waals surface area contributed by atoms with Crippen molar-refractivity contribution in [1.29, 1.82) is 0 Å². The van der Waals surface area contributed by atoms with Crippen LogP contribution in [0, 0.1) is 23.7 Å². The maximum Gasteiger partial charge on any atom is -0.0103 e. The van der Waals surface area contributed by atoms with Crippen LogP contribution in [0.3, 0.4) is 0 Å². The van der Waals surface area contributed by atoms with Crippen molar-refractivity contribution in [2.75, 3.05) is 0 Å². The van der Waals surface area contributed by atoms with E-state index in [-0.39, 0.29) is 0 Å². The van der Waals surface area contributed by atoms with Gasteiger partial charge in [-0.15, -0.1) is 0 Å². The van der Waals surface area contributed by atoms with E-state index >= 15 is 0 Å². The number of hydrogen-bond donors (Lipinski definition) is 0. The third-order valence-electron chi connectivity index (χ3n) is 7.66. The molecular formula is C24H38. The standard InChI is InChI=1S/C24H38/c1-5-17-13-14-18(6-2)23(17)21-11-9-10-12-22(21)24-19(7-3)15-16-20(24)8-4/h9-12,17-20,23-24H,5-8,13-16H2,1-4H3/t17-,18-,19-,20+,24?/m0/s1. The summed E-state index contributed by atoms with van der Waals surface area (Å²) >= 11 is 0. The first kappa shape index (κ1) is 18.0. The van der Waals surface area contributed by atoms with Crippen molar-refractivity contribution >= 4 is 0 Å². The van der Waals surface area contributed by atoms with Gasteiger partial charge >= 0.3 is 0 Å². The molecule has 1 aromatic carbocycles. The molecule has 0 heteroatoms. The number of hydrogen-bond acceptors (Lipinski definition) is 0. The van der Waals surface area contributed by atoms with Crippen molar-refractivity contribution in [3.8, 4) is 0 Å². The molecule has 24 heavy (non-hydrogen) atoms. The second-order valence-corrected chi connectivity index (χ2v) is 8.51. The molecule has 0 radical (unpaired) electrons. The van der Waals surface area contributed by atoms with Gasteiger partial charge in [0.15, 0.2) is 0 Å². The maximum absolute atomic E-state index is 2.51. The van der Waals surface area contributed by atoms with Crippen LogP contribution in [0.5, 0.6) is 0 Å². The Labute approximate surface area is 150 Å². The molecule has 0 amide bonds. The topological polar surface area (TPSA) is 0 Å². The van der Waals surface area contributed by atoms with Crippen LogP contribution in [-0.4, -0.2) is 0 Å². The number of rotatable bonds is 6. The first-order valence-electron chi connectivity index (χ1n) is 10.8. The van der Waals surface area contributed by atoms with Gasteiger partial charge in [-0.1, -0.05) is 77.6 Å². The van der Waals surface area contributed by atoms with E-state index in [1.807, 2.05) is 0 Å². The second kappa shape index (κ2) is 8.07. The van der Waals surface area contributed by atoms with Gasteiger partial charge in [-0.25, -0.2) is 0 Å². The minimum Gasteiger partial charge on any atom is -0.0651 e. The lowest BCUT2D eigenvalue weighted by atomic mass is 9.72. The molecule has 0 aromatic heterocycles. The van der Waals surface area contributed by atoms with Crippen molar-refractivity contribution in [1.82, 2.24) is 0 Å². The van der Waals surface area contributed by atoms with E-state index in [1.54, 1.807) is 11.1 Å². The van der Waals surface area contributed by atoms with Crippen molar-refractivity contribution in [2.24, 2.45) is 23.7 Å². The van der Waals surface area contributed by atoms with E-state index in [1.165, 1.54) is 51.4 Å². The maximum atomic E-state index is 2.51. The van der Waals surface area contributed by atoms with Crippen LogP contribution in [0.4, 0.5) is 0 Å². The SMILES string of the molecule is CC[C@@H]1CC[C@H](CC)C1c1ccccc1C1[C@@H](CC)CC[C@@H]1CC. The van der Waals surface area contributed by atoms with Crippen LogP contribution in [0.15, 0.2) is 24.3 Å². The van der Waals surface area contributed by atoms with E-state index in [2.05, 4.69) is 52.0 Å². The van der Waals surface area contributed by atoms with E-state index in [0.29, 0.717) is 0 Å². The van der Waals surface area contributed by atoms with Crippen LogP contribution in [0.1, 0.15) is 102 Å². The third-order valence-corrected chi connectivity index (χ3v) is 7.66. The van der Waals surface area contributed by atoms with Crippen molar-refractivity contribution in [3.63, 3.8) is 0 Å². The van der Waals surface area contributed by atoms with Crippen LogP contribution in [0.25, 0.3) is 0 Å². The van der Waals surface area contributed by atoms with Crippen LogP contribution >= 0.6 is 0 Å². The third kappa shape index (κ3) is 3.18. The van der Waals surface area contributed by atoms with E-state index in [4.69, 9.17) is 0 Å². The molecule has 0 nitrogen and oxygen atoms in total. The fraction of sp³-hybridized carbons (Fsp3) is 0.750. The normalized spacial score (nSPS) is 34.1. The Morgan fingerprint density at radius 1 is 0.583 bits per heavy atom. The minimum atomic E-state index is 0.826. The lowest BCUT2D eigenvalue weighted by molar-refractivity contribution is 0.366. The molecule has 0 saturated heterocycles. The zero-order valence-electron chi connectivity index (χ0n) is 16.4. The van der Waals surface area contributed by atoms with E-state index < -0.39 is 0 Å². The molecule has 3 rings (SSSR count). The lowest BCUT2D eigenvalue weighted by Gasteiger charge is -2.32. The zero-order chi connectivity index (χ0) is 17.1. The van der Waals surface area contributed by atoms with Crippen LogP contribution in [0.2, 0.25) is 0 Å². The highest BCUT2D eigenvalue weighted by Crippen LogP contribution is 2.53. The molecule has 2 aliphatic carbocycles. The highest BCUT2D eigenvalue weighted by Gasteiger charge is 2.40. The molecule has 2 fully saturated rings. The molecule has 0 N–H and O–H groups in total. The fourth-order valence-electron chi connectivity index (χ4n) is 6.31. The molecule has 0 spiro atoms. The molecule has 134 valence electrons. The van der Waals surface area contributed by atoms with Gasteiger partial charge in [0.2, 0.25) is 0 Å². The summed E-state index contributed by atoms with van der Waals surface area (Å²) in [7, 11) is 0. The highest BCUT2D eigenvalue weighted by atomic mass is 14.4. The smallest absolute Gasteiger partial charge is 0.0103 e. The summed E-state index contributed by atoms with van der Waals surface area (Å²) in [5.41, 5.74) is 3.50. The molecule has 0 heterocycles. The summed E-state index contributed by atoms with van der Waals surface area (Å²) in [6.07, 6.45) is 11.2. The molecule has 0 bridgehead atoms. The Balaban J connectivity index is 2.01. The predicted molar refractivity (Wildman–Crippen MR) is 106 cm³/mol. The molecule has 0 aliphatic heterocycles. The minimum absolute atomic E-state index is 0.826. The van der Waals surface area contributed by atoms with Gasteiger partial charge in [-0.3, -0.25) is 0 Å². The van der Waals surface area contributed by atoms with Crippen LogP contribution < -0.4 is 0 Å². The quantitative estimate of drug-likeness (QED) is 0.506. The van der Waals surface area contributed by atoms with E-state index in [0.717, 1.165) is 35.5 Å². The molecule has 2 saturated carbocycles. The van der Waals surface area contributed by atoms with Gasteiger partial charge in [-0.05, 0) is 72.3 Å². The summed E-state index contributed by atoms with van der Waals surface area (Å²) < 4.78 is 0. The van der Waals surface area contributed by atoms with Crippen molar-refractivity contribution < 1.29 is 0 Å². The van der Waals surface area contributed by atoms with Gasteiger partial charge in [-0.2, -0.15) is 0 Å². The first-order chi connectivity index (χ1) is 11.7. The molecule has 1 aromatic rings. The Kier molecular flexibility index (Phi) is 6.06.